The van der Waals surface area contributed by atoms with E-state index in [9.17, 15) is 4.79 Å². The summed E-state index contributed by atoms with van der Waals surface area (Å²) >= 11 is 0. The molecule has 0 aliphatic heterocycles. The molecular formula is C15H24N2O. The van der Waals surface area contributed by atoms with E-state index in [4.69, 9.17) is 5.73 Å². The maximum absolute atomic E-state index is 11.9. The van der Waals surface area contributed by atoms with E-state index in [0.717, 1.165) is 16.8 Å². The van der Waals surface area contributed by atoms with Crippen LogP contribution in [0.1, 0.15) is 42.0 Å². The first-order valence-electron chi connectivity index (χ1n) is 6.45. The van der Waals surface area contributed by atoms with Crippen molar-refractivity contribution in [3.8, 4) is 0 Å². The lowest BCUT2D eigenvalue weighted by Gasteiger charge is -2.16. The van der Waals surface area contributed by atoms with Crippen LogP contribution in [0.5, 0.6) is 0 Å². The van der Waals surface area contributed by atoms with Crippen molar-refractivity contribution in [2.75, 3.05) is 5.32 Å². The van der Waals surface area contributed by atoms with Crippen molar-refractivity contribution in [3.05, 3.63) is 28.3 Å². The largest absolute Gasteiger partial charge is 0.328 e. The second kappa shape index (κ2) is 6.01. The number of rotatable bonds is 4. The monoisotopic (exact) mass is 248 g/mol. The van der Waals surface area contributed by atoms with Crippen LogP contribution in [0.2, 0.25) is 0 Å². The zero-order chi connectivity index (χ0) is 13.9. The molecule has 0 bridgehead atoms. The third kappa shape index (κ3) is 3.57. The van der Waals surface area contributed by atoms with Gasteiger partial charge in [-0.25, -0.2) is 0 Å². The van der Waals surface area contributed by atoms with Crippen LogP contribution in [0.3, 0.4) is 0 Å². The number of nitrogens with two attached hydrogens (primary N) is 1. The van der Waals surface area contributed by atoms with E-state index >= 15 is 0 Å². The van der Waals surface area contributed by atoms with Gasteiger partial charge in [0.1, 0.15) is 0 Å². The number of benzene rings is 1. The molecule has 100 valence electrons. The molecular weight excluding hydrogens is 224 g/mol. The minimum atomic E-state index is 0.0449. The minimum absolute atomic E-state index is 0.0449. The maximum Gasteiger partial charge on any atom is 0.224 e. The molecule has 0 saturated carbocycles. The van der Waals surface area contributed by atoms with Crippen molar-refractivity contribution in [1.82, 2.24) is 0 Å². The molecule has 0 saturated heterocycles. The van der Waals surface area contributed by atoms with Crippen LogP contribution in [0.25, 0.3) is 0 Å². The first-order valence-corrected chi connectivity index (χ1v) is 6.45. The Morgan fingerprint density at radius 3 is 2.17 bits per heavy atom. The lowest BCUT2D eigenvalue weighted by Crippen LogP contribution is -2.20. The topological polar surface area (TPSA) is 55.1 Å². The summed E-state index contributed by atoms with van der Waals surface area (Å²) in [5.41, 5.74) is 11.3. The van der Waals surface area contributed by atoms with E-state index in [1.165, 1.54) is 11.1 Å². The SMILES string of the molecule is Cc1cc(C)c(C)c(NC(=O)CCC(C)N)c1C. The van der Waals surface area contributed by atoms with Gasteiger partial charge in [0.05, 0.1) is 0 Å². The number of nitrogens with one attached hydrogen (secondary N) is 1. The van der Waals surface area contributed by atoms with Crippen molar-refractivity contribution in [2.45, 2.75) is 53.5 Å². The van der Waals surface area contributed by atoms with E-state index < -0.39 is 0 Å². The fourth-order valence-corrected chi connectivity index (χ4v) is 1.97. The van der Waals surface area contributed by atoms with Gasteiger partial charge in [0.2, 0.25) is 5.91 Å². The van der Waals surface area contributed by atoms with Crippen LogP contribution < -0.4 is 11.1 Å². The van der Waals surface area contributed by atoms with Gasteiger partial charge < -0.3 is 11.1 Å². The van der Waals surface area contributed by atoms with Gasteiger partial charge in [-0.3, -0.25) is 4.79 Å². The highest BCUT2D eigenvalue weighted by Crippen LogP contribution is 2.26. The molecule has 3 nitrogen and oxygen atoms in total. The van der Waals surface area contributed by atoms with Crippen LogP contribution in [-0.2, 0) is 4.79 Å². The molecule has 0 aliphatic carbocycles. The smallest absolute Gasteiger partial charge is 0.224 e. The first kappa shape index (κ1) is 14.7. The fourth-order valence-electron chi connectivity index (χ4n) is 1.97. The van der Waals surface area contributed by atoms with Gasteiger partial charge in [-0.05, 0) is 63.3 Å². The Morgan fingerprint density at radius 1 is 1.22 bits per heavy atom. The third-order valence-electron chi connectivity index (χ3n) is 3.46. The van der Waals surface area contributed by atoms with Gasteiger partial charge in [-0.2, -0.15) is 0 Å². The molecule has 1 aromatic carbocycles. The number of hydrogen-bond acceptors (Lipinski definition) is 2. The number of carbonyl (C=O) groups is 1. The molecule has 1 rings (SSSR count). The van der Waals surface area contributed by atoms with Gasteiger partial charge in [0.15, 0.2) is 0 Å². The molecule has 0 spiro atoms. The molecule has 0 radical (unpaired) electrons. The van der Waals surface area contributed by atoms with Gasteiger partial charge in [0, 0.05) is 18.2 Å². The van der Waals surface area contributed by atoms with Crippen molar-refractivity contribution in [1.29, 1.82) is 0 Å². The molecule has 1 atom stereocenters. The van der Waals surface area contributed by atoms with Crippen LogP contribution in [-0.4, -0.2) is 11.9 Å². The highest BCUT2D eigenvalue weighted by molar-refractivity contribution is 5.92. The Labute approximate surface area is 110 Å². The predicted molar refractivity (Wildman–Crippen MR) is 76.9 cm³/mol. The quantitative estimate of drug-likeness (QED) is 0.860. The Hall–Kier alpha value is -1.35. The summed E-state index contributed by atoms with van der Waals surface area (Å²) in [4.78, 5) is 11.9. The number of aryl methyl sites for hydroxylation is 2. The summed E-state index contributed by atoms with van der Waals surface area (Å²) in [6.45, 7) is 10.1. The predicted octanol–water partition coefficient (Wildman–Crippen LogP) is 2.99. The molecule has 1 amide bonds. The average Bonchev–Trinajstić information content (AvgIpc) is 2.29. The van der Waals surface area contributed by atoms with Gasteiger partial charge >= 0.3 is 0 Å². The molecule has 0 aliphatic rings. The third-order valence-corrected chi connectivity index (χ3v) is 3.46. The Balaban J connectivity index is 2.87. The normalized spacial score (nSPS) is 12.3. The lowest BCUT2D eigenvalue weighted by molar-refractivity contribution is -0.116. The van der Waals surface area contributed by atoms with Gasteiger partial charge in [0.25, 0.3) is 0 Å². The first-order chi connectivity index (χ1) is 8.32. The second-order valence-corrected chi connectivity index (χ2v) is 5.20. The number of anilines is 1. The number of carbonyl (C=O) groups excluding carboxylic acids is 1. The van der Waals surface area contributed by atoms with Crippen LogP contribution >= 0.6 is 0 Å². The van der Waals surface area contributed by atoms with Crippen molar-refractivity contribution >= 4 is 11.6 Å². The lowest BCUT2D eigenvalue weighted by atomic mass is 9.98. The molecule has 3 heteroatoms. The summed E-state index contributed by atoms with van der Waals surface area (Å²) in [6, 6.07) is 2.22. The van der Waals surface area contributed by atoms with Crippen LogP contribution in [0.4, 0.5) is 5.69 Å². The molecule has 0 aromatic heterocycles. The average molecular weight is 248 g/mol. The van der Waals surface area contributed by atoms with Crippen molar-refractivity contribution < 1.29 is 4.79 Å². The fraction of sp³-hybridized carbons (Fsp3) is 0.533. The summed E-state index contributed by atoms with van der Waals surface area (Å²) in [6.07, 6.45) is 1.19. The molecule has 1 aromatic rings. The highest BCUT2D eigenvalue weighted by atomic mass is 16.1. The van der Waals surface area contributed by atoms with E-state index in [1.54, 1.807) is 0 Å². The van der Waals surface area contributed by atoms with Crippen LogP contribution in [0, 0.1) is 27.7 Å². The zero-order valence-corrected chi connectivity index (χ0v) is 12.1. The molecule has 0 fully saturated rings. The molecule has 18 heavy (non-hydrogen) atoms. The Morgan fingerprint density at radius 2 is 1.72 bits per heavy atom. The summed E-state index contributed by atoms with van der Waals surface area (Å²) in [5, 5.41) is 3.02. The Kier molecular flexibility index (Phi) is 4.91. The summed E-state index contributed by atoms with van der Waals surface area (Å²) in [7, 11) is 0. The van der Waals surface area contributed by atoms with Crippen molar-refractivity contribution in [3.63, 3.8) is 0 Å². The van der Waals surface area contributed by atoms with E-state index in [-0.39, 0.29) is 11.9 Å². The summed E-state index contributed by atoms with van der Waals surface area (Å²) < 4.78 is 0. The number of amides is 1. The maximum atomic E-state index is 11.9. The van der Waals surface area contributed by atoms with Gasteiger partial charge in [-0.1, -0.05) is 6.07 Å². The molecule has 3 N–H and O–H groups in total. The van der Waals surface area contributed by atoms with Crippen LogP contribution in [0.15, 0.2) is 6.07 Å². The minimum Gasteiger partial charge on any atom is -0.328 e. The Bertz CT molecular complexity index is 424. The molecule has 1 unspecified atom stereocenters. The van der Waals surface area contributed by atoms with E-state index in [0.29, 0.717) is 12.8 Å². The van der Waals surface area contributed by atoms with Crippen molar-refractivity contribution in [2.24, 2.45) is 5.73 Å². The summed E-state index contributed by atoms with van der Waals surface area (Å²) in [5.74, 6) is 0.0449. The molecule has 0 heterocycles. The zero-order valence-electron chi connectivity index (χ0n) is 12.1. The van der Waals surface area contributed by atoms with Gasteiger partial charge in [-0.15, -0.1) is 0 Å². The van der Waals surface area contributed by atoms with E-state index in [2.05, 4.69) is 25.2 Å². The second-order valence-electron chi connectivity index (χ2n) is 5.20. The highest BCUT2D eigenvalue weighted by Gasteiger charge is 2.11. The standard InChI is InChI=1S/C15H24N2O/c1-9-8-10(2)13(5)15(12(9)4)17-14(18)7-6-11(3)16/h8,11H,6-7,16H2,1-5H3,(H,17,18). The number of hydrogen-bond donors (Lipinski definition) is 2. The van der Waals surface area contributed by atoms with E-state index in [1.807, 2.05) is 20.8 Å².